The number of carbonyl (C=O) groups is 1. The van der Waals surface area contributed by atoms with Crippen LogP contribution in [0, 0.1) is 5.92 Å². The monoisotopic (exact) mass is 274 g/mol. The second-order valence-electron chi connectivity index (χ2n) is 5.35. The van der Waals surface area contributed by atoms with Crippen LogP contribution >= 0.6 is 0 Å². The van der Waals surface area contributed by atoms with Gasteiger partial charge >= 0.3 is 0 Å². The summed E-state index contributed by atoms with van der Waals surface area (Å²) in [5.74, 6) is 0.482. The minimum absolute atomic E-state index is 0.159. The highest BCUT2D eigenvalue weighted by atomic mass is 32.2. The van der Waals surface area contributed by atoms with Crippen molar-refractivity contribution in [1.82, 2.24) is 10.2 Å². The molecule has 0 spiro atoms. The largest absolute Gasteiger partial charge is 0.341 e. The maximum absolute atomic E-state index is 12.3. The number of likely N-dealkylation sites (tertiary alicyclic amines) is 1. The molecule has 0 saturated carbocycles. The normalized spacial score (nSPS) is 31.5. The van der Waals surface area contributed by atoms with Crippen LogP contribution in [0.1, 0.15) is 25.7 Å². The average molecular weight is 274 g/mol. The van der Waals surface area contributed by atoms with Crippen molar-refractivity contribution in [3.63, 3.8) is 0 Å². The Labute approximate surface area is 109 Å². The minimum atomic E-state index is -3.20. The predicted octanol–water partition coefficient (Wildman–Crippen LogP) is 0.0216. The Morgan fingerprint density at radius 1 is 1.33 bits per heavy atom. The molecule has 2 heterocycles. The molecule has 2 atom stereocenters. The Morgan fingerprint density at radius 2 is 2.11 bits per heavy atom. The molecule has 104 valence electrons. The van der Waals surface area contributed by atoms with Gasteiger partial charge in [-0.15, -0.1) is 0 Å². The lowest BCUT2D eigenvalue weighted by Gasteiger charge is -2.26. The molecule has 0 aromatic carbocycles. The summed E-state index contributed by atoms with van der Waals surface area (Å²) in [5.41, 5.74) is 0. The van der Waals surface area contributed by atoms with Gasteiger partial charge in [-0.2, -0.15) is 0 Å². The van der Waals surface area contributed by atoms with Crippen LogP contribution in [0.3, 0.4) is 0 Å². The van der Waals surface area contributed by atoms with Crippen molar-refractivity contribution in [3.05, 3.63) is 0 Å². The maximum Gasteiger partial charge on any atom is 0.240 e. The maximum atomic E-state index is 12.3. The van der Waals surface area contributed by atoms with Crippen LogP contribution in [0.15, 0.2) is 0 Å². The van der Waals surface area contributed by atoms with Gasteiger partial charge in [0.15, 0.2) is 9.84 Å². The van der Waals surface area contributed by atoms with Crippen LogP contribution in [0.2, 0.25) is 0 Å². The van der Waals surface area contributed by atoms with Gasteiger partial charge in [-0.05, 0) is 38.8 Å². The van der Waals surface area contributed by atoms with Gasteiger partial charge in [-0.1, -0.05) is 6.42 Å². The summed E-state index contributed by atoms with van der Waals surface area (Å²) in [4.78, 5) is 14.0. The van der Waals surface area contributed by atoms with Gasteiger partial charge in [-0.3, -0.25) is 4.79 Å². The molecule has 5 nitrogen and oxygen atoms in total. The van der Waals surface area contributed by atoms with Crippen LogP contribution < -0.4 is 5.32 Å². The highest BCUT2D eigenvalue weighted by Gasteiger charge is 2.39. The standard InChI is InChI=1S/C12H22N2O3S/c1-13-8-10-5-6-14(9-10)12(15)11-4-2-3-7-18(11,16)17/h10-11,13H,2-9H2,1H3. The smallest absolute Gasteiger partial charge is 0.240 e. The Hall–Kier alpha value is -0.620. The van der Waals surface area contributed by atoms with Gasteiger partial charge in [0.25, 0.3) is 0 Å². The highest BCUT2D eigenvalue weighted by molar-refractivity contribution is 7.92. The van der Waals surface area contributed by atoms with Gasteiger partial charge in [0.1, 0.15) is 5.25 Å². The third-order valence-corrected chi connectivity index (χ3v) is 6.11. The molecule has 2 saturated heterocycles. The molecule has 1 N–H and O–H groups in total. The minimum Gasteiger partial charge on any atom is -0.341 e. The SMILES string of the molecule is CNCC1CCN(C(=O)C2CCCCS2(=O)=O)C1. The van der Waals surface area contributed by atoms with E-state index >= 15 is 0 Å². The van der Waals surface area contributed by atoms with Crippen LogP contribution in [0.5, 0.6) is 0 Å². The quantitative estimate of drug-likeness (QED) is 0.788. The number of sulfone groups is 1. The molecule has 2 rings (SSSR count). The fraction of sp³-hybridized carbons (Fsp3) is 0.917. The van der Waals surface area contributed by atoms with Crippen LogP contribution in [0.4, 0.5) is 0 Å². The molecule has 2 unspecified atom stereocenters. The van der Waals surface area contributed by atoms with E-state index in [1.165, 1.54) is 0 Å². The van der Waals surface area contributed by atoms with E-state index in [2.05, 4.69) is 5.32 Å². The molecule has 2 aliphatic rings. The van der Waals surface area contributed by atoms with E-state index in [0.29, 0.717) is 31.8 Å². The molecule has 0 aromatic heterocycles. The Balaban J connectivity index is 1.99. The lowest BCUT2D eigenvalue weighted by Crippen LogP contribution is -2.44. The first-order valence-corrected chi connectivity index (χ1v) is 8.41. The zero-order chi connectivity index (χ0) is 13.2. The van der Waals surface area contributed by atoms with Gasteiger partial charge in [0.2, 0.25) is 5.91 Å². The topological polar surface area (TPSA) is 66.5 Å². The van der Waals surface area contributed by atoms with Crippen LogP contribution in [0.25, 0.3) is 0 Å². The van der Waals surface area contributed by atoms with E-state index in [4.69, 9.17) is 0 Å². The third-order valence-electron chi connectivity index (χ3n) is 3.94. The van der Waals surface area contributed by atoms with Crippen LogP contribution in [-0.2, 0) is 14.6 Å². The number of hydrogen-bond donors (Lipinski definition) is 1. The molecule has 0 bridgehead atoms. The number of amides is 1. The molecular formula is C12H22N2O3S. The summed E-state index contributed by atoms with van der Waals surface area (Å²) in [6, 6.07) is 0. The highest BCUT2D eigenvalue weighted by Crippen LogP contribution is 2.24. The number of carbonyl (C=O) groups excluding carboxylic acids is 1. The summed E-state index contributed by atoms with van der Waals surface area (Å²) in [7, 11) is -1.30. The van der Waals surface area contributed by atoms with E-state index in [9.17, 15) is 13.2 Å². The molecule has 1 amide bonds. The van der Waals surface area contributed by atoms with Crippen LogP contribution in [-0.4, -0.2) is 56.9 Å². The summed E-state index contributed by atoms with van der Waals surface area (Å²) in [6.07, 6.45) is 3.03. The van der Waals surface area contributed by atoms with E-state index in [1.807, 2.05) is 7.05 Å². The predicted molar refractivity (Wildman–Crippen MR) is 70.0 cm³/mol. The Morgan fingerprint density at radius 3 is 2.78 bits per heavy atom. The molecule has 0 aliphatic carbocycles. The lowest BCUT2D eigenvalue weighted by atomic mass is 10.1. The zero-order valence-electron chi connectivity index (χ0n) is 10.9. The first kappa shape index (κ1) is 13.8. The summed E-state index contributed by atoms with van der Waals surface area (Å²) in [5, 5.41) is 2.34. The van der Waals surface area contributed by atoms with E-state index < -0.39 is 15.1 Å². The van der Waals surface area contributed by atoms with Crippen molar-refractivity contribution in [2.75, 3.05) is 32.4 Å². The van der Waals surface area contributed by atoms with Crippen molar-refractivity contribution in [1.29, 1.82) is 0 Å². The molecule has 0 radical (unpaired) electrons. The second-order valence-corrected chi connectivity index (χ2v) is 7.65. The van der Waals surface area contributed by atoms with E-state index in [0.717, 1.165) is 19.4 Å². The van der Waals surface area contributed by atoms with Crippen molar-refractivity contribution < 1.29 is 13.2 Å². The Bertz CT molecular complexity index is 408. The third kappa shape index (κ3) is 2.85. The number of nitrogens with one attached hydrogen (secondary N) is 1. The first-order valence-electron chi connectivity index (χ1n) is 6.69. The van der Waals surface area contributed by atoms with Crippen molar-refractivity contribution in [3.8, 4) is 0 Å². The van der Waals surface area contributed by atoms with Crippen molar-refractivity contribution in [2.45, 2.75) is 30.9 Å². The molecule has 2 aliphatic heterocycles. The fourth-order valence-corrected chi connectivity index (χ4v) is 4.80. The Kier molecular flexibility index (Phi) is 4.27. The summed E-state index contributed by atoms with van der Waals surface area (Å²) in [6.45, 7) is 2.30. The van der Waals surface area contributed by atoms with Crippen molar-refractivity contribution in [2.24, 2.45) is 5.92 Å². The number of nitrogens with zero attached hydrogens (tertiary/aromatic N) is 1. The molecule has 2 fully saturated rings. The molecule has 6 heteroatoms. The number of rotatable bonds is 3. The zero-order valence-corrected chi connectivity index (χ0v) is 11.7. The van der Waals surface area contributed by atoms with Gasteiger partial charge < -0.3 is 10.2 Å². The summed E-state index contributed by atoms with van der Waals surface area (Å²) >= 11 is 0. The van der Waals surface area contributed by atoms with E-state index in [-0.39, 0.29) is 11.7 Å². The fourth-order valence-electron chi connectivity index (χ4n) is 2.92. The number of hydrogen-bond acceptors (Lipinski definition) is 4. The van der Waals surface area contributed by atoms with Crippen molar-refractivity contribution >= 4 is 15.7 Å². The van der Waals surface area contributed by atoms with Gasteiger partial charge in [-0.25, -0.2) is 8.42 Å². The van der Waals surface area contributed by atoms with Gasteiger partial charge in [0, 0.05) is 13.1 Å². The first-order chi connectivity index (χ1) is 8.54. The van der Waals surface area contributed by atoms with E-state index in [1.54, 1.807) is 4.90 Å². The lowest BCUT2D eigenvalue weighted by molar-refractivity contribution is -0.130. The average Bonchev–Trinajstić information content (AvgIpc) is 2.77. The molecular weight excluding hydrogens is 252 g/mol. The van der Waals surface area contributed by atoms with Gasteiger partial charge in [0.05, 0.1) is 5.75 Å². The molecule has 18 heavy (non-hydrogen) atoms. The summed E-state index contributed by atoms with van der Waals surface area (Å²) < 4.78 is 23.9. The molecule has 0 aromatic rings. The second kappa shape index (κ2) is 5.57.